The molecule has 3 heteroatoms. The molecule has 0 aliphatic rings. The van der Waals surface area contributed by atoms with E-state index in [0.717, 1.165) is 22.0 Å². The van der Waals surface area contributed by atoms with Gasteiger partial charge in [-0.25, -0.2) is 4.98 Å². The third-order valence-corrected chi connectivity index (χ3v) is 4.09. The highest BCUT2D eigenvalue weighted by molar-refractivity contribution is 7.13. The highest BCUT2D eigenvalue weighted by Gasteiger charge is 2.09. The van der Waals surface area contributed by atoms with Crippen molar-refractivity contribution in [1.82, 2.24) is 4.98 Å². The van der Waals surface area contributed by atoms with Crippen molar-refractivity contribution in [3.63, 3.8) is 0 Å². The van der Waals surface area contributed by atoms with Crippen LogP contribution in [-0.2, 0) is 0 Å². The minimum Gasteiger partial charge on any atom is -0.398 e. The first-order valence-electron chi connectivity index (χ1n) is 6.52. The van der Waals surface area contributed by atoms with E-state index in [2.05, 4.69) is 37.4 Å². The molecular formula is C17H16N2S. The largest absolute Gasteiger partial charge is 0.398 e. The van der Waals surface area contributed by atoms with E-state index in [1.54, 1.807) is 11.3 Å². The average Bonchev–Trinajstić information content (AvgIpc) is 2.87. The van der Waals surface area contributed by atoms with Crippen LogP contribution in [0.15, 0.2) is 47.8 Å². The number of nitrogens with zero attached hydrogens (tertiary/aromatic N) is 1. The third-order valence-electron chi connectivity index (χ3n) is 3.21. The molecule has 0 aliphatic heterocycles. The van der Waals surface area contributed by atoms with Gasteiger partial charge in [0.15, 0.2) is 0 Å². The van der Waals surface area contributed by atoms with Crippen molar-refractivity contribution in [2.45, 2.75) is 13.8 Å². The molecule has 2 nitrogen and oxygen atoms in total. The summed E-state index contributed by atoms with van der Waals surface area (Å²) in [5.74, 6) is 0. The molecule has 0 fully saturated rings. The topological polar surface area (TPSA) is 38.9 Å². The predicted octanol–water partition coefficient (Wildman–Crippen LogP) is 4.68. The summed E-state index contributed by atoms with van der Waals surface area (Å²) in [4.78, 5) is 4.73. The average molecular weight is 280 g/mol. The molecule has 0 aliphatic carbocycles. The highest BCUT2D eigenvalue weighted by atomic mass is 32.1. The van der Waals surface area contributed by atoms with E-state index in [1.807, 2.05) is 24.3 Å². The normalized spacial score (nSPS) is 10.7. The van der Waals surface area contributed by atoms with Gasteiger partial charge in [0.05, 0.1) is 5.69 Å². The van der Waals surface area contributed by atoms with Crippen LogP contribution in [0.5, 0.6) is 0 Å². The van der Waals surface area contributed by atoms with Crippen LogP contribution in [0.2, 0.25) is 0 Å². The van der Waals surface area contributed by atoms with E-state index >= 15 is 0 Å². The molecule has 2 N–H and O–H groups in total. The Balaban J connectivity index is 2.04. The van der Waals surface area contributed by atoms with Gasteiger partial charge < -0.3 is 5.73 Å². The zero-order valence-electron chi connectivity index (χ0n) is 11.6. The number of benzene rings is 2. The van der Waals surface area contributed by atoms with Crippen molar-refractivity contribution in [3.05, 3.63) is 59.0 Å². The molecule has 3 aromatic rings. The van der Waals surface area contributed by atoms with Crippen LogP contribution < -0.4 is 5.73 Å². The van der Waals surface area contributed by atoms with Gasteiger partial charge in [0, 0.05) is 22.2 Å². The Morgan fingerprint density at radius 1 is 1.00 bits per heavy atom. The highest BCUT2D eigenvalue weighted by Crippen LogP contribution is 2.32. The summed E-state index contributed by atoms with van der Waals surface area (Å²) < 4.78 is 0. The van der Waals surface area contributed by atoms with E-state index in [9.17, 15) is 0 Å². The van der Waals surface area contributed by atoms with Crippen LogP contribution in [0.25, 0.3) is 21.8 Å². The first-order chi connectivity index (χ1) is 9.63. The van der Waals surface area contributed by atoms with Gasteiger partial charge in [-0.05, 0) is 38.1 Å². The Labute approximate surface area is 122 Å². The lowest BCUT2D eigenvalue weighted by molar-refractivity contribution is 1.35. The van der Waals surface area contributed by atoms with Gasteiger partial charge in [0.25, 0.3) is 0 Å². The van der Waals surface area contributed by atoms with Crippen LogP contribution in [0.4, 0.5) is 5.69 Å². The molecular weight excluding hydrogens is 264 g/mol. The molecule has 0 atom stereocenters. The van der Waals surface area contributed by atoms with E-state index in [1.165, 1.54) is 16.7 Å². The van der Waals surface area contributed by atoms with Crippen LogP contribution in [0.3, 0.4) is 0 Å². The monoisotopic (exact) mass is 280 g/mol. The summed E-state index contributed by atoms with van der Waals surface area (Å²) in [5.41, 5.74) is 12.5. The number of thiazole rings is 1. The van der Waals surface area contributed by atoms with Crippen LogP contribution in [0, 0.1) is 13.8 Å². The molecule has 0 amide bonds. The lowest BCUT2D eigenvalue weighted by atomic mass is 10.1. The maximum atomic E-state index is 6.02. The molecule has 0 saturated carbocycles. The second kappa shape index (κ2) is 5.10. The molecule has 20 heavy (non-hydrogen) atoms. The minimum absolute atomic E-state index is 0.772. The van der Waals surface area contributed by atoms with Crippen molar-refractivity contribution in [3.8, 4) is 21.8 Å². The lowest BCUT2D eigenvalue weighted by Crippen LogP contribution is -1.89. The first-order valence-corrected chi connectivity index (χ1v) is 7.40. The van der Waals surface area contributed by atoms with Gasteiger partial charge in [0.2, 0.25) is 0 Å². The van der Waals surface area contributed by atoms with Gasteiger partial charge >= 0.3 is 0 Å². The van der Waals surface area contributed by atoms with Gasteiger partial charge in [-0.15, -0.1) is 11.3 Å². The van der Waals surface area contributed by atoms with E-state index in [0.29, 0.717) is 0 Å². The molecule has 1 aromatic heterocycles. The molecule has 0 unspecified atom stereocenters. The zero-order valence-corrected chi connectivity index (χ0v) is 12.4. The molecule has 100 valence electrons. The maximum Gasteiger partial charge on any atom is 0.126 e. The van der Waals surface area contributed by atoms with E-state index in [-0.39, 0.29) is 0 Å². The number of hydrogen-bond donors (Lipinski definition) is 1. The minimum atomic E-state index is 0.772. The van der Waals surface area contributed by atoms with Gasteiger partial charge in [0.1, 0.15) is 5.01 Å². The second-order valence-corrected chi connectivity index (χ2v) is 5.86. The fourth-order valence-corrected chi connectivity index (χ4v) is 3.22. The summed E-state index contributed by atoms with van der Waals surface area (Å²) in [7, 11) is 0. The summed E-state index contributed by atoms with van der Waals surface area (Å²) in [6.45, 7) is 4.22. The first kappa shape index (κ1) is 12.9. The van der Waals surface area contributed by atoms with Gasteiger partial charge in [-0.3, -0.25) is 0 Å². The maximum absolute atomic E-state index is 6.02. The molecule has 1 heterocycles. The second-order valence-electron chi connectivity index (χ2n) is 5.00. The smallest absolute Gasteiger partial charge is 0.126 e. The van der Waals surface area contributed by atoms with Crippen LogP contribution >= 0.6 is 11.3 Å². The van der Waals surface area contributed by atoms with Crippen molar-refractivity contribution >= 4 is 17.0 Å². The summed E-state index contributed by atoms with van der Waals surface area (Å²) in [6.07, 6.45) is 0. The van der Waals surface area contributed by atoms with E-state index < -0.39 is 0 Å². The van der Waals surface area contributed by atoms with Gasteiger partial charge in [-0.1, -0.05) is 29.3 Å². The molecule has 3 rings (SSSR count). The number of aromatic nitrogens is 1. The number of aryl methyl sites for hydroxylation is 2. The SMILES string of the molecule is Cc1cc(C)cc(-c2csc(-c3ccccc3N)n2)c1. The molecule has 0 spiro atoms. The third kappa shape index (κ3) is 2.45. The zero-order chi connectivity index (χ0) is 14.1. The Morgan fingerprint density at radius 2 is 1.70 bits per heavy atom. The number of anilines is 1. The number of rotatable bonds is 2. The van der Waals surface area contributed by atoms with Crippen molar-refractivity contribution < 1.29 is 0 Å². The number of nitrogens with two attached hydrogens (primary N) is 1. The molecule has 0 saturated heterocycles. The van der Waals surface area contributed by atoms with Crippen molar-refractivity contribution in [2.75, 3.05) is 5.73 Å². The van der Waals surface area contributed by atoms with Gasteiger partial charge in [-0.2, -0.15) is 0 Å². The predicted molar refractivity (Wildman–Crippen MR) is 86.9 cm³/mol. The fraction of sp³-hybridized carbons (Fsp3) is 0.118. The lowest BCUT2D eigenvalue weighted by Gasteiger charge is -2.02. The van der Waals surface area contributed by atoms with Crippen molar-refractivity contribution in [1.29, 1.82) is 0 Å². The van der Waals surface area contributed by atoms with E-state index in [4.69, 9.17) is 10.7 Å². The number of nitrogen functional groups attached to an aromatic ring is 1. The summed E-state index contributed by atoms with van der Waals surface area (Å²) >= 11 is 1.63. The number of hydrogen-bond acceptors (Lipinski definition) is 3. The molecule has 0 bridgehead atoms. The fourth-order valence-electron chi connectivity index (χ4n) is 2.34. The quantitative estimate of drug-likeness (QED) is 0.692. The van der Waals surface area contributed by atoms with Crippen molar-refractivity contribution in [2.24, 2.45) is 0 Å². The van der Waals surface area contributed by atoms with Crippen LogP contribution in [0.1, 0.15) is 11.1 Å². The van der Waals surface area contributed by atoms with Crippen LogP contribution in [-0.4, -0.2) is 4.98 Å². The Morgan fingerprint density at radius 3 is 2.40 bits per heavy atom. The summed E-state index contributed by atoms with van der Waals surface area (Å²) in [5, 5.41) is 3.06. The molecule has 0 radical (unpaired) electrons. The summed E-state index contributed by atoms with van der Waals surface area (Å²) in [6, 6.07) is 14.4. The standard InChI is InChI=1S/C17H16N2S/c1-11-7-12(2)9-13(8-11)16-10-20-17(19-16)14-5-3-4-6-15(14)18/h3-10H,18H2,1-2H3. The Bertz CT molecular complexity index is 739. The molecule has 2 aromatic carbocycles. The Kier molecular flexibility index (Phi) is 3.28. The Hall–Kier alpha value is -2.13. The number of para-hydroxylation sites is 1.